The summed E-state index contributed by atoms with van der Waals surface area (Å²) >= 11 is 0. The van der Waals surface area contributed by atoms with Crippen molar-refractivity contribution in [1.29, 1.82) is 0 Å². The van der Waals surface area contributed by atoms with Crippen molar-refractivity contribution in [3.8, 4) is 17.1 Å². The number of ether oxygens (including phenoxy) is 1. The number of anilines is 2. The quantitative estimate of drug-likeness (QED) is 0.514. The Bertz CT molecular complexity index is 1060. The summed E-state index contributed by atoms with van der Waals surface area (Å²) < 4.78 is 6.25. The number of carbonyl (C=O) groups is 1. The Kier molecular flexibility index (Phi) is 5.05. The van der Waals surface area contributed by atoms with Crippen LogP contribution in [0.2, 0.25) is 0 Å². The van der Waals surface area contributed by atoms with Crippen molar-refractivity contribution >= 4 is 28.2 Å². The second-order valence-corrected chi connectivity index (χ2v) is 7.58. The maximum Gasteiger partial charge on any atom is 0.240 e. The lowest BCUT2D eigenvalue weighted by Crippen LogP contribution is -2.26. The number of amides is 1. The van der Waals surface area contributed by atoms with Crippen molar-refractivity contribution in [3.63, 3.8) is 0 Å². The monoisotopic (exact) mass is 393 g/mol. The molecule has 7 heteroatoms. The fourth-order valence-electron chi connectivity index (χ4n) is 3.86. The summed E-state index contributed by atoms with van der Waals surface area (Å²) in [7, 11) is 3.73. The molecule has 1 aliphatic heterocycles. The fourth-order valence-corrected chi connectivity index (χ4v) is 3.86. The number of hydrogen-bond acceptors (Lipinski definition) is 5. The molecule has 0 radical (unpaired) electrons. The second kappa shape index (κ2) is 7.66. The van der Waals surface area contributed by atoms with E-state index in [2.05, 4.69) is 52.1 Å². The number of carbonyl (C=O) groups excluding carboxylic acids is 1. The predicted octanol–water partition coefficient (Wildman–Crippen LogP) is 3.53. The Morgan fingerprint density at radius 2 is 2.03 bits per heavy atom. The van der Waals surface area contributed by atoms with Crippen LogP contribution in [0.3, 0.4) is 0 Å². The Hall–Kier alpha value is -3.22. The summed E-state index contributed by atoms with van der Waals surface area (Å²) in [4.78, 5) is 19.8. The summed E-state index contributed by atoms with van der Waals surface area (Å²) in [5.74, 6) is 0.740. The van der Waals surface area contributed by atoms with Crippen LogP contribution in [0.1, 0.15) is 19.0 Å². The molecule has 0 saturated carbocycles. The number of aromatic nitrogens is 2. The minimum Gasteiger partial charge on any atom is -0.473 e. The summed E-state index contributed by atoms with van der Waals surface area (Å²) in [5.41, 5.74) is 5.75. The van der Waals surface area contributed by atoms with E-state index in [1.165, 1.54) is 5.39 Å². The molecule has 4 N–H and O–H groups in total. The van der Waals surface area contributed by atoms with Crippen LogP contribution in [0.5, 0.6) is 5.88 Å². The molecule has 1 fully saturated rings. The minimum atomic E-state index is -0.137. The van der Waals surface area contributed by atoms with Crippen LogP contribution in [0.4, 0.5) is 11.4 Å². The first kappa shape index (κ1) is 19.1. The van der Waals surface area contributed by atoms with Crippen molar-refractivity contribution in [3.05, 3.63) is 36.0 Å². The Labute approximate surface area is 170 Å². The first-order valence-corrected chi connectivity index (χ1v) is 9.92. The van der Waals surface area contributed by atoms with Gasteiger partial charge in [-0.1, -0.05) is 12.1 Å². The van der Waals surface area contributed by atoms with E-state index in [9.17, 15) is 4.79 Å². The number of benzene rings is 1. The number of aryl methyl sites for hydroxylation is 1. The zero-order chi connectivity index (χ0) is 20.5. The molecule has 0 aliphatic carbocycles. The van der Waals surface area contributed by atoms with Gasteiger partial charge in [0.2, 0.25) is 11.8 Å². The lowest BCUT2D eigenvalue weighted by molar-refractivity contribution is -0.119. The molecular weight excluding hydrogens is 366 g/mol. The molecule has 4 rings (SSSR count). The van der Waals surface area contributed by atoms with Crippen molar-refractivity contribution in [2.45, 2.75) is 26.4 Å². The largest absolute Gasteiger partial charge is 0.473 e. The average molecular weight is 393 g/mol. The van der Waals surface area contributed by atoms with Gasteiger partial charge in [-0.25, -0.2) is 4.98 Å². The number of nitrogens with one attached hydrogen (secondary N) is 4. The van der Waals surface area contributed by atoms with E-state index in [-0.39, 0.29) is 17.9 Å². The zero-order valence-corrected chi connectivity index (χ0v) is 17.2. The van der Waals surface area contributed by atoms with Gasteiger partial charge in [0.15, 0.2) is 0 Å². The number of rotatable bonds is 6. The van der Waals surface area contributed by atoms with Crippen molar-refractivity contribution in [2.24, 2.45) is 5.92 Å². The number of H-pyrrole nitrogens is 1. The smallest absolute Gasteiger partial charge is 0.240 e. The first-order chi connectivity index (χ1) is 14.0. The molecule has 3 heterocycles. The van der Waals surface area contributed by atoms with Crippen LogP contribution in [0.15, 0.2) is 30.3 Å². The van der Waals surface area contributed by atoms with Gasteiger partial charge in [-0.2, -0.15) is 0 Å². The van der Waals surface area contributed by atoms with E-state index in [0.717, 1.165) is 33.8 Å². The maximum absolute atomic E-state index is 11.6. The molecule has 3 aromatic rings. The van der Waals surface area contributed by atoms with Gasteiger partial charge in [-0.3, -0.25) is 4.79 Å². The molecular formula is C22H27N5O2. The van der Waals surface area contributed by atoms with E-state index in [1.807, 2.05) is 27.1 Å². The summed E-state index contributed by atoms with van der Waals surface area (Å²) in [6.07, 6.45) is 0.347. The Morgan fingerprint density at radius 3 is 2.72 bits per heavy atom. The molecule has 0 spiro atoms. The lowest BCUT2D eigenvalue weighted by Gasteiger charge is -2.22. The standard InChI is InChI=1S/C22H27N5O2/c1-12-7-14-5-6-15(8-17(14)26-12)18-10-19(23-3)21(24-4)22(27-18)29-13(2)16-9-20(28)25-11-16/h5-8,10,13,16,24,26H,9,11H2,1-4H3,(H,23,27)(H,25,28). The molecule has 152 valence electrons. The third-order valence-corrected chi connectivity index (χ3v) is 5.53. The predicted molar refractivity (Wildman–Crippen MR) is 117 cm³/mol. The van der Waals surface area contributed by atoms with Crippen LogP contribution in [0.25, 0.3) is 22.2 Å². The van der Waals surface area contributed by atoms with Gasteiger partial charge in [-0.15, -0.1) is 0 Å². The molecule has 29 heavy (non-hydrogen) atoms. The number of fused-ring (bicyclic) bond motifs is 1. The number of nitrogens with zero attached hydrogens (tertiary/aromatic N) is 1. The van der Waals surface area contributed by atoms with Crippen molar-refractivity contribution in [1.82, 2.24) is 15.3 Å². The lowest BCUT2D eigenvalue weighted by atomic mass is 10.0. The highest BCUT2D eigenvalue weighted by molar-refractivity contribution is 5.86. The van der Waals surface area contributed by atoms with Crippen molar-refractivity contribution < 1.29 is 9.53 Å². The van der Waals surface area contributed by atoms with Gasteiger partial charge in [0.1, 0.15) is 11.8 Å². The zero-order valence-electron chi connectivity index (χ0n) is 17.2. The van der Waals surface area contributed by atoms with E-state index in [0.29, 0.717) is 18.8 Å². The first-order valence-electron chi connectivity index (χ1n) is 9.92. The number of hydrogen-bond donors (Lipinski definition) is 4. The van der Waals surface area contributed by atoms with E-state index < -0.39 is 0 Å². The summed E-state index contributed by atoms with van der Waals surface area (Å²) in [5, 5.41) is 10.5. The third-order valence-electron chi connectivity index (χ3n) is 5.53. The number of aromatic amines is 1. The molecule has 7 nitrogen and oxygen atoms in total. The average Bonchev–Trinajstić information content (AvgIpc) is 3.31. The third kappa shape index (κ3) is 3.72. The highest BCUT2D eigenvalue weighted by Crippen LogP contribution is 2.36. The minimum absolute atomic E-state index is 0.0754. The van der Waals surface area contributed by atoms with Crippen LogP contribution in [0, 0.1) is 12.8 Å². The Balaban J connectivity index is 1.72. The van der Waals surface area contributed by atoms with Crippen LogP contribution in [-0.2, 0) is 4.79 Å². The van der Waals surface area contributed by atoms with E-state index in [1.54, 1.807) is 0 Å². The van der Waals surface area contributed by atoms with Gasteiger partial charge in [0.05, 0.1) is 11.4 Å². The van der Waals surface area contributed by atoms with Gasteiger partial charge in [0, 0.05) is 49.8 Å². The van der Waals surface area contributed by atoms with Crippen LogP contribution < -0.4 is 20.7 Å². The van der Waals surface area contributed by atoms with Crippen LogP contribution >= 0.6 is 0 Å². The summed E-state index contributed by atoms with van der Waals surface area (Å²) in [6, 6.07) is 10.4. The molecule has 1 aromatic carbocycles. The normalized spacial score (nSPS) is 17.2. The highest BCUT2D eigenvalue weighted by Gasteiger charge is 2.29. The van der Waals surface area contributed by atoms with Gasteiger partial charge in [0.25, 0.3) is 0 Å². The molecule has 2 atom stereocenters. The van der Waals surface area contributed by atoms with Gasteiger partial charge >= 0.3 is 0 Å². The summed E-state index contributed by atoms with van der Waals surface area (Å²) in [6.45, 7) is 4.68. The SMILES string of the molecule is CNc1cc(-c2ccc3cc(C)[nH]c3c2)nc(OC(C)C2CNC(=O)C2)c1NC. The molecule has 2 unspecified atom stereocenters. The van der Waals surface area contributed by atoms with Crippen molar-refractivity contribution in [2.75, 3.05) is 31.3 Å². The maximum atomic E-state index is 11.6. The number of pyridine rings is 1. The second-order valence-electron chi connectivity index (χ2n) is 7.58. The molecule has 1 amide bonds. The fraction of sp³-hybridized carbons (Fsp3) is 0.364. The van der Waals surface area contributed by atoms with Gasteiger partial charge in [-0.05, 0) is 37.4 Å². The van der Waals surface area contributed by atoms with E-state index in [4.69, 9.17) is 9.72 Å². The highest BCUT2D eigenvalue weighted by atomic mass is 16.5. The Morgan fingerprint density at radius 1 is 1.21 bits per heavy atom. The van der Waals surface area contributed by atoms with E-state index >= 15 is 0 Å². The van der Waals surface area contributed by atoms with Crippen LogP contribution in [-0.4, -0.2) is 42.6 Å². The molecule has 2 aromatic heterocycles. The van der Waals surface area contributed by atoms with Gasteiger partial charge < -0.3 is 25.7 Å². The molecule has 0 bridgehead atoms. The topological polar surface area (TPSA) is 91.1 Å². The molecule has 1 saturated heterocycles. The molecule has 1 aliphatic rings.